The number of fused-ring (bicyclic) bond motifs is 1. The van der Waals surface area contributed by atoms with E-state index in [9.17, 15) is 9.59 Å². The summed E-state index contributed by atoms with van der Waals surface area (Å²) in [6, 6.07) is 16.1. The van der Waals surface area contributed by atoms with Crippen molar-refractivity contribution >= 4 is 17.7 Å². The van der Waals surface area contributed by atoms with Gasteiger partial charge < -0.3 is 20.3 Å². The molecule has 1 saturated carbocycles. The number of hydrogen-bond acceptors (Lipinski definition) is 4. The second kappa shape index (κ2) is 9.14. The van der Waals surface area contributed by atoms with E-state index in [0.29, 0.717) is 44.8 Å². The Hall–Kier alpha value is -2.93. The van der Waals surface area contributed by atoms with Gasteiger partial charge in [0.2, 0.25) is 5.91 Å². The SMILES string of the molecule is O=C1CCc2cc([C@@H]3C[C@H]3NCC3(F)CCN(C(=O)OCc4ccccc4)CC3)ccc2N1. The van der Waals surface area contributed by atoms with E-state index in [1.54, 1.807) is 4.90 Å². The number of carbonyl (C=O) groups excluding carboxylic acids is 2. The fraction of sp³-hybridized carbons (Fsp3) is 0.462. The van der Waals surface area contributed by atoms with Crippen LogP contribution in [0.3, 0.4) is 0 Å². The van der Waals surface area contributed by atoms with E-state index in [2.05, 4.69) is 22.8 Å². The van der Waals surface area contributed by atoms with Crippen molar-refractivity contribution in [3.8, 4) is 0 Å². The molecule has 2 aromatic carbocycles. The van der Waals surface area contributed by atoms with Crippen LogP contribution in [0.2, 0.25) is 0 Å². The largest absolute Gasteiger partial charge is 0.445 e. The highest BCUT2D eigenvalue weighted by atomic mass is 19.1. The van der Waals surface area contributed by atoms with Gasteiger partial charge in [0, 0.05) is 56.5 Å². The van der Waals surface area contributed by atoms with Crippen LogP contribution >= 0.6 is 0 Å². The summed E-state index contributed by atoms with van der Waals surface area (Å²) in [5.41, 5.74) is 2.99. The molecule has 174 valence electrons. The van der Waals surface area contributed by atoms with E-state index in [-0.39, 0.29) is 24.6 Å². The minimum Gasteiger partial charge on any atom is -0.445 e. The van der Waals surface area contributed by atoms with Crippen LogP contribution in [0.5, 0.6) is 0 Å². The molecule has 0 aromatic heterocycles. The van der Waals surface area contributed by atoms with Gasteiger partial charge in [-0.1, -0.05) is 42.5 Å². The smallest absolute Gasteiger partial charge is 0.410 e. The van der Waals surface area contributed by atoms with Crippen molar-refractivity contribution in [2.24, 2.45) is 0 Å². The molecule has 2 N–H and O–H groups in total. The van der Waals surface area contributed by atoms with Gasteiger partial charge in [-0.15, -0.1) is 0 Å². The molecule has 0 bridgehead atoms. The zero-order chi connectivity index (χ0) is 22.8. The predicted octanol–water partition coefficient (Wildman–Crippen LogP) is 4.16. The van der Waals surface area contributed by atoms with Crippen molar-refractivity contribution < 1.29 is 18.7 Å². The van der Waals surface area contributed by atoms with Gasteiger partial charge in [-0.3, -0.25) is 4.79 Å². The number of nitrogens with one attached hydrogen (secondary N) is 2. The monoisotopic (exact) mass is 451 g/mol. The summed E-state index contributed by atoms with van der Waals surface area (Å²) in [4.78, 5) is 25.5. The molecule has 2 aromatic rings. The summed E-state index contributed by atoms with van der Waals surface area (Å²) in [6.07, 6.45) is 2.56. The van der Waals surface area contributed by atoms with Crippen LogP contribution < -0.4 is 10.6 Å². The van der Waals surface area contributed by atoms with Gasteiger partial charge in [-0.05, 0) is 35.6 Å². The molecular weight excluding hydrogens is 421 g/mol. The molecule has 6 nitrogen and oxygen atoms in total. The first-order chi connectivity index (χ1) is 16.0. The summed E-state index contributed by atoms with van der Waals surface area (Å²) in [5, 5.41) is 6.33. The standard InChI is InChI=1S/C26H30FN3O3/c27-26(10-12-30(13-11-26)25(32)33-16-18-4-2-1-3-5-18)17-28-23-15-21(23)19-6-8-22-20(14-19)7-9-24(31)29-22/h1-6,8,14,21,23,28H,7,9-13,15-17H2,(H,29,31)/t21-,23+/m0/s1. The molecule has 0 radical (unpaired) electrons. The number of aryl methyl sites for hydroxylation is 1. The number of piperidine rings is 1. The van der Waals surface area contributed by atoms with Crippen molar-refractivity contribution in [3.63, 3.8) is 0 Å². The number of hydrogen-bond donors (Lipinski definition) is 2. The second-order valence-corrected chi connectivity index (χ2v) is 9.47. The Morgan fingerprint density at radius 2 is 1.94 bits per heavy atom. The van der Waals surface area contributed by atoms with Crippen molar-refractivity contribution in [1.29, 1.82) is 0 Å². The highest BCUT2D eigenvalue weighted by Gasteiger charge is 2.42. The molecule has 1 aliphatic carbocycles. The van der Waals surface area contributed by atoms with Crippen molar-refractivity contribution in [2.45, 2.75) is 56.3 Å². The van der Waals surface area contributed by atoms with Gasteiger partial charge in [0.15, 0.2) is 0 Å². The van der Waals surface area contributed by atoms with E-state index < -0.39 is 5.67 Å². The predicted molar refractivity (Wildman–Crippen MR) is 124 cm³/mol. The molecule has 0 unspecified atom stereocenters. The summed E-state index contributed by atoms with van der Waals surface area (Å²) in [6.45, 7) is 1.28. The minimum absolute atomic E-state index is 0.0740. The van der Waals surface area contributed by atoms with Crippen molar-refractivity contribution in [1.82, 2.24) is 10.2 Å². The molecule has 2 aliphatic heterocycles. The highest BCUT2D eigenvalue weighted by Crippen LogP contribution is 2.43. The molecule has 0 spiro atoms. The molecule has 3 aliphatic rings. The number of rotatable bonds is 6. The molecule has 5 rings (SSSR count). The summed E-state index contributed by atoms with van der Waals surface area (Å²) >= 11 is 0. The van der Waals surface area contributed by atoms with Crippen LogP contribution in [0.15, 0.2) is 48.5 Å². The second-order valence-electron chi connectivity index (χ2n) is 9.47. The highest BCUT2D eigenvalue weighted by molar-refractivity contribution is 5.93. The Balaban J connectivity index is 1.06. The lowest BCUT2D eigenvalue weighted by molar-refractivity contribution is -0.116. The maximum atomic E-state index is 15.4. The van der Waals surface area contributed by atoms with Gasteiger partial charge in [0.05, 0.1) is 0 Å². The van der Waals surface area contributed by atoms with Crippen LogP contribution in [0, 0.1) is 0 Å². The van der Waals surface area contributed by atoms with E-state index in [4.69, 9.17) is 4.74 Å². The number of benzene rings is 2. The molecule has 2 amide bonds. The van der Waals surface area contributed by atoms with Crippen molar-refractivity contribution in [2.75, 3.05) is 25.0 Å². The normalized spacial score (nSPS) is 23.4. The molecule has 2 fully saturated rings. The lowest BCUT2D eigenvalue weighted by Gasteiger charge is -2.36. The van der Waals surface area contributed by atoms with Gasteiger partial charge in [-0.25, -0.2) is 9.18 Å². The van der Waals surface area contributed by atoms with E-state index in [1.165, 1.54) is 11.1 Å². The number of carbonyl (C=O) groups is 2. The number of amides is 2. The van der Waals surface area contributed by atoms with Crippen LogP contribution in [-0.4, -0.2) is 48.2 Å². The molecule has 33 heavy (non-hydrogen) atoms. The fourth-order valence-electron chi connectivity index (χ4n) is 4.81. The number of halogens is 1. The Morgan fingerprint density at radius 3 is 2.73 bits per heavy atom. The quantitative estimate of drug-likeness (QED) is 0.692. The third kappa shape index (κ3) is 5.19. The Labute approximate surface area is 193 Å². The molecule has 1 saturated heterocycles. The average Bonchev–Trinajstić information content (AvgIpc) is 3.62. The summed E-state index contributed by atoms with van der Waals surface area (Å²) < 4.78 is 20.7. The van der Waals surface area contributed by atoms with Crippen LogP contribution in [0.4, 0.5) is 14.9 Å². The first-order valence-electron chi connectivity index (χ1n) is 11.8. The summed E-state index contributed by atoms with van der Waals surface area (Å²) in [7, 11) is 0. The maximum absolute atomic E-state index is 15.4. The van der Waals surface area contributed by atoms with Crippen molar-refractivity contribution in [3.05, 3.63) is 65.2 Å². The van der Waals surface area contributed by atoms with E-state index in [1.807, 2.05) is 36.4 Å². The Morgan fingerprint density at radius 1 is 1.15 bits per heavy atom. The first-order valence-corrected chi connectivity index (χ1v) is 11.8. The third-order valence-corrected chi connectivity index (χ3v) is 7.05. The summed E-state index contributed by atoms with van der Waals surface area (Å²) in [5.74, 6) is 0.467. The maximum Gasteiger partial charge on any atom is 0.410 e. The number of alkyl halides is 1. The molecular formula is C26H30FN3O3. The van der Waals surface area contributed by atoms with E-state index in [0.717, 1.165) is 24.1 Å². The number of anilines is 1. The number of nitrogens with zero attached hydrogens (tertiary/aromatic N) is 1. The number of ether oxygens (including phenoxy) is 1. The topological polar surface area (TPSA) is 70.7 Å². The van der Waals surface area contributed by atoms with Crippen LogP contribution in [0.1, 0.15) is 48.3 Å². The Kier molecular flexibility index (Phi) is 6.06. The first kappa shape index (κ1) is 21.9. The zero-order valence-corrected chi connectivity index (χ0v) is 18.7. The molecule has 7 heteroatoms. The zero-order valence-electron chi connectivity index (χ0n) is 18.7. The van der Waals surface area contributed by atoms with Gasteiger partial charge in [0.25, 0.3) is 0 Å². The van der Waals surface area contributed by atoms with Gasteiger partial charge >= 0.3 is 6.09 Å². The van der Waals surface area contributed by atoms with Gasteiger partial charge in [-0.2, -0.15) is 0 Å². The third-order valence-electron chi connectivity index (χ3n) is 7.05. The average molecular weight is 452 g/mol. The lowest BCUT2D eigenvalue weighted by Crippen LogP contribution is -2.49. The van der Waals surface area contributed by atoms with E-state index >= 15 is 4.39 Å². The Bertz CT molecular complexity index is 1020. The minimum atomic E-state index is -1.30. The fourth-order valence-corrected chi connectivity index (χ4v) is 4.81. The van der Waals surface area contributed by atoms with Crippen LogP contribution in [0.25, 0.3) is 0 Å². The number of likely N-dealkylation sites (tertiary alicyclic amines) is 1. The molecule has 2 heterocycles. The lowest BCUT2D eigenvalue weighted by atomic mass is 9.93. The molecule has 2 atom stereocenters. The van der Waals surface area contributed by atoms with Crippen LogP contribution in [-0.2, 0) is 22.6 Å². The van der Waals surface area contributed by atoms with Gasteiger partial charge in [0.1, 0.15) is 12.3 Å².